The monoisotopic (exact) mass is 296 g/mol. The highest BCUT2D eigenvalue weighted by molar-refractivity contribution is 5.98. The van der Waals surface area contributed by atoms with Crippen molar-refractivity contribution in [1.82, 2.24) is 20.1 Å². The first-order valence-electron chi connectivity index (χ1n) is 7.29. The van der Waals surface area contributed by atoms with Crippen molar-refractivity contribution >= 4 is 16.8 Å². The standard InChI is InChI=1S/C16H16N4O2/c21-9-15-11-8-20(6-5-13(11)18-19-15)16(22)14-7-10-3-1-2-4-12(10)17-14/h1-4,7,17,21H,5-6,8-9H2,(H,18,19). The number of para-hydroxylation sites is 1. The normalized spacial score (nSPS) is 14.3. The van der Waals surface area contributed by atoms with Crippen LogP contribution in [0.5, 0.6) is 0 Å². The molecular formula is C16H16N4O2. The van der Waals surface area contributed by atoms with Crippen molar-refractivity contribution in [2.45, 2.75) is 19.6 Å². The topological polar surface area (TPSA) is 85.0 Å². The molecule has 0 spiro atoms. The number of hydrogen-bond donors (Lipinski definition) is 3. The zero-order chi connectivity index (χ0) is 15.1. The van der Waals surface area contributed by atoms with Crippen LogP contribution < -0.4 is 0 Å². The summed E-state index contributed by atoms with van der Waals surface area (Å²) < 4.78 is 0. The lowest BCUT2D eigenvalue weighted by atomic mass is 10.1. The summed E-state index contributed by atoms with van der Waals surface area (Å²) in [4.78, 5) is 17.7. The summed E-state index contributed by atoms with van der Waals surface area (Å²) in [5.41, 5.74) is 4.15. The highest BCUT2D eigenvalue weighted by atomic mass is 16.3. The molecule has 1 amide bonds. The largest absolute Gasteiger partial charge is 0.390 e. The maximum absolute atomic E-state index is 12.7. The Morgan fingerprint density at radius 2 is 2.23 bits per heavy atom. The van der Waals surface area contributed by atoms with E-state index in [1.807, 2.05) is 30.3 Å². The maximum atomic E-state index is 12.7. The smallest absolute Gasteiger partial charge is 0.270 e. The molecule has 1 aliphatic rings. The summed E-state index contributed by atoms with van der Waals surface area (Å²) in [6.45, 7) is 1.02. The highest BCUT2D eigenvalue weighted by Gasteiger charge is 2.26. The van der Waals surface area contributed by atoms with E-state index in [9.17, 15) is 9.90 Å². The Balaban J connectivity index is 1.63. The molecule has 0 unspecified atom stereocenters. The summed E-state index contributed by atoms with van der Waals surface area (Å²) in [5.74, 6) is -0.0214. The molecule has 1 aliphatic heterocycles. The van der Waals surface area contributed by atoms with Crippen LogP contribution in [0.2, 0.25) is 0 Å². The van der Waals surface area contributed by atoms with Crippen LogP contribution in [0.4, 0.5) is 0 Å². The average Bonchev–Trinajstić information content (AvgIpc) is 3.17. The minimum absolute atomic E-state index is 0.0214. The number of H-pyrrole nitrogens is 2. The van der Waals surface area contributed by atoms with Crippen molar-refractivity contribution in [3.05, 3.63) is 53.0 Å². The third kappa shape index (κ3) is 2.00. The van der Waals surface area contributed by atoms with Crippen LogP contribution >= 0.6 is 0 Å². The summed E-state index contributed by atoms with van der Waals surface area (Å²) in [6.07, 6.45) is 0.730. The number of amides is 1. The second-order valence-electron chi connectivity index (χ2n) is 5.53. The molecule has 6 nitrogen and oxygen atoms in total. The molecule has 0 bridgehead atoms. The maximum Gasteiger partial charge on any atom is 0.270 e. The second-order valence-corrected chi connectivity index (χ2v) is 5.53. The van der Waals surface area contributed by atoms with Gasteiger partial charge in [-0.15, -0.1) is 0 Å². The number of aromatic amines is 2. The Labute approximate surface area is 126 Å². The lowest BCUT2D eigenvalue weighted by Gasteiger charge is -2.26. The Hall–Kier alpha value is -2.60. The van der Waals surface area contributed by atoms with Crippen LogP contribution in [0, 0.1) is 0 Å². The molecule has 0 atom stereocenters. The first-order valence-corrected chi connectivity index (χ1v) is 7.29. The van der Waals surface area contributed by atoms with Gasteiger partial charge in [-0.2, -0.15) is 5.10 Å². The number of carbonyl (C=O) groups is 1. The molecule has 0 radical (unpaired) electrons. The summed E-state index contributed by atoms with van der Waals surface area (Å²) in [7, 11) is 0. The molecule has 22 heavy (non-hydrogen) atoms. The summed E-state index contributed by atoms with van der Waals surface area (Å²) in [6, 6.07) is 9.72. The van der Waals surface area contributed by atoms with E-state index < -0.39 is 0 Å². The molecular weight excluding hydrogens is 280 g/mol. The third-order valence-corrected chi connectivity index (χ3v) is 4.22. The van der Waals surface area contributed by atoms with Crippen molar-refractivity contribution in [1.29, 1.82) is 0 Å². The van der Waals surface area contributed by atoms with Crippen molar-refractivity contribution in [2.75, 3.05) is 6.54 Å². The van der Waals surface area contributed by atoms with Crippen LogP contribution in [-0.2, 0) is 19.6 Å². The van der Waals surface area contributed by atoms with Crippen molar-refractivity contribution in [2.24, 2.45) is 0 Å². The number of hydrogen-bond acceptors (Lipinski definition) is 3. The number of benzene rings is 1. The van der Waals surface area contributed by atoms with Gasteiger partial charge in [0.25, 0.3) is 5.91 Å². The number of aromatic nitrogens is 3. The molecule has 3 heterocycles. The molecule has 4 rings (SSSR count). The first-order chi connectivity index (χ1) is 10.8. The fraction of sp³-hybridized carbons (Fsp3) is 0.250. The Morgan fingerprint density at radius 3 is 3.05 bits per heavy atom. The minimum atomic E-state index is -0.111. The number of fused-ring (bicyclic) bond motifs is 2. The Bertz CT molecular complexity index is 802. The quantitative estimate of drug-likeness (QED) is 0.671. The van der Waals surface area contributed by atoms with E-state index in [1.165, 1.54) is 0 Å². The number of aliphatic hydroxyl groups excluding tert-OH is 1. The van der Waals surface area contributed by atoms with E-state index in [1.54, 1.807) is 4.90 Å². The Kier molecular flexibility index (Phi) is 2.97. The number of aliphatic hydroxyl groups is 1. The zero-order valence-corrected chi connectivity index (χ0v) is 12.0. The van der Waals surface area contributed by atoms with E-state index in [0.717, 1.165) is 28.6 Å². The van der Waals surface area contributed by atoms with Crippen LogP contribution in [-0.4, -0.2) is 37.6 Å². The van der Waals surface area contributed by atoms with Crippen LogP contribution in [0.25, 0.3) is 10.9 Å². The van der Waals surface area contributed by atoms with Gasteiger partial charge in [0.1, 0.15) is 5.69 Å². The lowest BCUT2D eigenvalue weighted by molar-refractivity contribution is 0.0728. The average molecular weight is 296 g/mol. The molecule has 0 aliphatic carbocycles. The van der Waals surface area contributed by atoms with Gasteiger partial charge in [-0.3, -0.25) is 9.89 Å². The number of nitrogens with one attached hydrogen (secondary N) is 2. The predicted molar refractivity (Wildman–Crippen MR) is 81.3 cm³/mol. The van der Waals surface area contributed by atoms with Gasteiger partial charge in [-0.05, 0) is 12.1 Å². The highest BCUT2D eigenvalue weighted by Crippen LogP contribution is 2.23. The minimum Gasteiger partial charge on any atom is -0.390 e. The van der Waals surface area contributed by atoms with Crippen LogP contribution in [0.3, 0.4) is 0 Å². The van der Waals surface area contributed by atoms with Gasteiger partial charge in [-0.25, -0.2) is 0 Å². The first kappa shape index (κ1) is 13.1. The molecule has 2 aromatic heterocycles. The van der Waals surface area contributed by atoms with Crippen molar-refractivity contribution in [3.63, 3.8) is 0 Å². The predicted octanol–water partition coefficient (Wildman–Crippen LogP) is 1.58. The van der Waals surface area contributed by atoms with Gasteiger partial charge in [0.2, 0.25) is 0 Å². The van der Waals surface area contributed by atoms with Gasteiger partial charge < -0.3 is 15.0 Å². The van der Waals surface area contributed by atoms with Crippen LogP contribution in [0.1, 0.15) is 27.4 Å². The van der Waals surface area contributed by atoms with Gasteiger partial charge in [0, 0.05) is 41.7 Å². The molecule has 3 aromatic rings. The third-order valence-electron chi connectivity index (χ3n) is 4.22. The SMILES string of the molecule is O=C(c1cc2ccccc2[nH]1)N1CCc2[nH]nc(CO)c2C1. The van der Waals surface area contributed by atoms with E-state index in [2.05, 4.69) is 15.2 Å². The summed E-state index contributed by atoms with van der Waals surface area (Å²) >= 11 is 0. The number of carbonyl (C=O) groups excluding carboxylic acids is 1. The van der Waals surface area contributed by atoms with Gasteiger partial charge in [0.15, 0.2) is 0 Å². The molecule has 0 saturated heterocycles. The van der Waals surface area contributed by atoms with Gasteiger partial charge in [0.05, 0.1) is 12.3 Å². The van der Waals surface area contributed by atoms with Gasteiger partial charge >= 0.3 is 0 Å². The lowest BCUT2D eigenvalue weighted by Crippen LogP contribution is -2.36. The fourth-order valence-corrected chi connectivity index (χ4v) is 3.02. The van der Waals surface area contributed by atoms with E-state index in [4.69, 9.17) is 0 Å². The van der Waals surface area contributed by atoms with E-state index >= 15 is 0 Å². The molecule has 0 saturated carbocycles. The van der Waals surface area contributed by atoms with Crippen molar-refractivity contribution in [3.8, 4) is 0 Å². The van der Waals surface area contributed by atoms with E-state index in [-0.39, 0.29) is 12.5 Å². The molecule has 3 N–H and O–H groups in total. The Morgan fingerprint density at radius 1 is 1.36 bits per heavy atom. The van der Waals surface area contributed by atoms with E-state index in [0.29, 0.717) is 24.5 Å². The molecule has 112 valence electrons. The number of rotatable bonds is 2. The van der Waals surface area contributed by atoms with Crippen LogP contribution in [0.15, 0.2) is 30.3 Å². The number of nitrogens with zero attached hydrogens (tertiary/aromatic N) is 2. The van der Waals surface area contributed by atoms with Crippen molar-refractivity contribution < 1.29 is 9.90 Å². The van der Waals surface area contributed by atoms with Gasteiger partial charge in [-0.1, -0.05) is 18.2 Å². The summed E-state index contributed by atoms with van der Waals surface area (Å²) in [5, 5.41) is 17.4. The fourth-order valence-electron chi connectivity index (χ4n) is 3.02. The molecule has 6 heteroatoms. The second kappa shape index (κ2) is 4.99. The zero-order valence-electron chi connectivity index (χ0n) is 12.0. The molecule has 1 aromatic carbocycles. The molecule has 0 fully saturated rings.